The third-order valence-corrected chi connectivity index (χ3v) is 18.5. The standard InChI is InChI=1S/C60H108N9O28PS/c1-36(73)64-48-54(84)51(81)40(32-70)94-57(48)91-26-23-88-20-13-61-43(76)29-67(30-44(77)62-14-21-89-24-27-92-58-49(65-37(2)74)55(85)52(82)41(33-71)95-58)16-8-17-69(47(80)10-7-9-46(79)68-18-11-39(12-19-68)97-98(87,99)35-60(4,5)6)31-45(78)63-15-22-90-25-28-93-59-50(66-38(3)75)56(86)53(83)42(34-72)96-59/h39-42,48-59,70-72,81-86H,7-35H2,1-6H3,(H,61,76)(H,62,77)(H,63,78)(H,64,73)(H,65,74)(H,66,75)(H,87,99). The number of aliphatic hydroxyl groups is 9. The van der Waals surface area contributed by atoms with Crippen LogP contribution < -0.4 is 31.9 Å². The molecule has 99 heavy (non-hydrogen) atoms. The lowest BCUT2D eigenvalue weighted by Crippen LogP contribution is -2.64. The molecule has 4 fully saturated rings. The van der Waals surface area contributed by atoms with Gasteiger partial charge in [0.15, 0.2) is 25.4 Å². The third-order valence-electron chi connectivity index (χ3n) is 15.9. The Balaban J connectivity index is 1.37. The summed E-state index contributed by atoms with van der Waals surface area (Å²) in [4.78, 5) is 119. The maximum atomic E-state index is 14.1. The molecule has 4 saturated heterocycles. The smallest absolute Gasteiger partial charge is 0.239 e. The summed E-state index contributed by atoms with van der Waals surface area (Å²) in [6, 6.07) is -3.51. The van der Waals surface area contributed by atoms with Crippen LogP contribution in [0.3, 0.4) is 0 Å². The lowest BCUT2D eigenvalue weighted by Gasteiger charge is -2.42. The Morgan fingerprint density at radius 1 is 0.525 bits per heavy atom. The fourth-order valence-electron chi connectivity index (χ4n) is 11.1. The van der Waals surface area contributed by atoms with Gasteiger partial charge in [-0.25, -0.2) is 0 Å². The number of amides is 8. The second kappa shape index (κ2) is 44.9. The van der Waals surface area contributed by atoms with Crippen LogP contribution in [-0.2, 0) is 97.3 Å². The van der Waals surface area contributed by atoms with Gasteiger partial charge in [-0.05, 0) is 42.9 Å². The molecule has 0 saturated carbocycles. The van der Waals surface area contributed by atoms with Gasteiger partial charge in [0.2, 0.25) is 47.3 Å². The summed E-state index contributed by atoms with van der Waals surface area (Å²) >= 11 is 5.42. The van der Waals surface area contributed by atoms with Crippen molar-refractivity contribution in [2.45, 2.75) is 178 Å². The summed E-state index contributed by atoms with van der Waals surface area (Å²) in [5.74, 6) is -3.92. The first-order valence-corrected chi connectivity index (χ1v) is 36.1. The molecule has 0 bridgehead atoms. The van der Waals surface area contributed by atoms with E-state index in [1.165, 1.54) is 30.6 Å². The molecule has 8 amide bonds. The quantitative estimate of drug-likeness (QED) is 0.0199. The highest BCUT2D eigenvalue weighted by molar-refractivity contribution is 8.09. The van der Waals surface area contributed by atoms with Crippen molar-refractivity contribution >= 4 is 65.6 Å². The minimum atomic E-state index is -3.05. The molecular weight excluding hydrogens is 1360 g/mol. The zero-order valence-corrected chi connectivity index (χ0v) is 59.0. The zero-order valence-electron chi connectivity index (χ0n) is 57.3. The molecule has 0 radical (unpaired) electrons. The Kier molecular flexibility index (Phi) is 39.5. The number of piperidine rings is 1. The molecule has 0 spiro atoms. The number of nitrogens with one attached hydrogen (secondary N) is 6. The molecule has 16 N–H and O–H groups in total. The van der Waals surface area contributed by atoms with E-state index in [4.69, 9.17) is 59.0 Å². The highest BCUT2D eigenvalue weighted by atomic mass is 32.5. The highest BCUT2D eigenvalue weighted by Gasteiger charge is 2.48. The van der Waals surface area contributed by atoms with E-state index in [0.717, 1.165) is 0 Å². The van der Waals surface area contributed by atoms with Crippen molar-refractivity contribution in [1.29, 1.82) is 0 Å². The molecule has 0 aromatic heterocycles. The lowest BCUT2D eigenvalue weighted by atomic mass is 9.97. The summed E-state index contributed by atoms with van der Waals surface area (Å²) < 4.78 is 56.4. The van der Waals surface area contributed by atoms with Crippen LogP contribution in [0.1, 0.15) is 80.1 Å². The predicted octanol–water partition coefficient (Wildman–Crippen LogP) is -7.69. The van der Waals surface area contributed by atoms with Crippen LogP contribution in [0.15, 0.2) is 0 Å². The van der Waals surface area contributed by atoms with Crippen LogP contribution in [0.25, 0.3) is 0 Å². The van der Waals surface area contributed by atoms with Gasteiger partial charge in [-0.1, -0.05) is 20.8 Å². The van der Waals surface area contributed by atoms with Crippen molar-refractivity contribution in [2.75, 3.05) is 151 Å². The van der Waals surface area contributed by atoms with Crippen LogP contribution in [0.2, 0.25) is 0 Å². The zero-order chi connectivity index (χ0) is 73.4. The van der Waals surface area contributed by atoms with Crippen LogP contribution in [0, 0.1) is 5.41 Å². The summed E-state index contributed by atoms with van der Waals surface area (Å²) in [7, 11) is 0. The van der Waals surface area contributed by atoms with E-state index < -0.39 is 166 Å². The largest absolute Gasteiger partial charge is 0.394 e. The molecule has 4 heterocycles. The Bertz CT molecular complexity index is 2450. The molecular formula is C60H108N9O28PS. The SMILES string of the molecule is CC(=O)NC1C(OCCOCCNC(=O)CN(CCCN(CC(=O)NCCOCCOC2OC(CO)C(O)C(O)C2NC(C)=O)C(=O)CCCC(=O)N2CCC(OP(O)(=S)CC(C)(C)C)CC2)CC(=O)NCCOCCOC2OC(CO)C(O)C(O)C2NC(C)=O)OC(CO)C(O)C1O. The molecule has 0 aliphatic carbocycles. The minimum Gasteiger partial charge on any atom is -0.394 e. The highest BCUT2D eigenvalue weighted by Crippen LogP contribution is 2.49. The van der Waals surface area contributed by atoms with Crippen molar-refractivity contribution in [3.8, 4) is 0 Å². The summed E-state index contributed by atoms with van der Waals surface area (Å²) in [6.45, 7) is 3.37. The van der Waals surface area contributed by atoms with Gasteiger partial charge in [0.05, 0.1) is 105 Å². The van der Waals surface area contributed by atoms with Crippen molar-refractivity contribution in [3.05, 3.63) is 0 Å². The summed E-state index contributed by atoms with van der Waals surface area (Å²) in [5.41, 5.74) is -0.241. The molecule has 37 nitrogen and oxygen atoms in total. The Morgan fingerprint density at radius 3 is 1.25 bits per heavy atom. The first-order chi connectivity index (χ1) is 46.9. The first kappa shape index (κ1) is 87.0. The van der Waals surface area contributed by atoms with Crippen LogP contribution >= 0.6 is 6.49 Å². The van der Waals surface area contributed by atoms with Gasteiger partial charge in [-0.3, -0.25) is 43.3 Å². The molecule has 0 aromatic carbocycles. The second-order valence-corrected chi connectivity index (χ2v) is 29.1. The van der Waals surface area contributed by atoms with Gasteiger partial charge >= 0.3 is 0 Å². The molecule has 0 aromatic rings. The van der Waals surface area contributed by atoms with Gasteiger partial charge in [0.25, 0.3) is 0 Å². The van der Waals surface area contributed by atoms with E-state index in [2.05, 4.69) is 31.9 Å². The minimum absolute atomic E-state index is 0.0119. The van der Waals surface area contributed by atoms with Crippen LogP contribution in [-0.4, -0.2) is 362 Å². The van der Waals surface area contributed by atoms with Gasteiger partial charge in [0, 0.05) is 85.6 Å². The average Bonchev–Trinajstić information content (AvgIpc) is 0.830. The fraction of sp³-hybridized carbons (Fsp3) is 0.867. The van der Waals surface area contributed by atoms with Crippen molar-refractivity contribution in [2.24, 2.45) is 5.41 Å². The van der Waals surface area contributed by atoms with Crippen LogP contribution in [0.5, 0.6) is 0 Å². The maximum absolute atomic E-state index is 14.1. The monoisotopic (exact) mass is 1470 g/mol. The van der Waals surface area contributed by atoms with Gasteiger partial charge in [0.1, 0.15) is 73.1 Å². The number of carbonyl (C=O) groups is 8. The number of aliphatic hydroxyl groups excluding tert-OH is 9. The average molecular weight is 1470 g/mol. The number of hydrogen-bond acceptors (Lipinski definition) is 29. The van der Waals surface area contributed by atoms with E-state index in [0.29, 0.717) is 32.1 Å². The Hall–Kier alpha value is -4.43. The summed E-state index contributed by atoms with van der Waals surface area (Å²) in [6.07, 6.45) is -15.4. The number of hydrogen-bond donors (Lipinski definition) is 16. The van der Waals surface area contributed by atoms with E-state index in [-0.39, 0.29) is 148 Å². The van der Waals surface area contributed by atoms with Gasteiger partial charge in [-0.15, -0.1) is 0 Å². The normalized spacial score (nSPS) is 27.4. The molecule has 4 aliphatic rings. The van der Waals surface area contributed by atoms with Crippen molar-refractivity contribution in [3.63, 3.8) is 0 Å². The van der Waals surface area contributed by atoms with Gasteiger partial charge in [-0.2, -0.15) is 0 Å². The number of nitrogens with zero attached hydrogens (tertiary/aromatic N) is 3. The number of rotatable bonds is 44. The van der Waals surface area contributed by atoms with E-state index >= 15 is 0 Å². The molecule has 4 rings (SSSR count). The number of carbonyl (C=O) groups excluding carboxylic acids is 8. The molecule has 572 valence electrons. The molecule has 16 atom stereocenters. The van der Waals surface area contributed by atoms with Crippen molar-refractivity contribution in [1.82, 2.24) is 46.6 Å². The van der Waals surface area contributed by atoms with Crippen molar-refractivity contribution < 1.29 is 136 Å². The topological polar surface area (TPSA) is 513 Å². The van der Waals surface area contributed by atoms with Crippen LogP contribution in [0.4, 0.5) is 0 Å². The molecule has 4 aliphatic heterocycles. The van der Waals surface area contributed by atoms with Gasteiger partial charge < -0.3 is 140 Å². The van der Waals surface area contributed by atoms with E-state index in [1.54, 1.807) is 4.90 Å². The third kappa shape index (κ3) is 32.0. The Labute approximate surface area is 580 Å². The number of likely N-dealkylation sites (tertiary alicyclic amines) is 1. The van der Waals surface area contributed by atoms with E-state index in [1.807, 2.05) is 20.8 Å². The van der Waals surface area contributed by atoms with E-state index in [9.17, 15) is 89.2 Å². The summed E-state index contributed by atoms with van der Waals surface area (Å²) in [5, 5.41) is 107. The fourth-order valence-corrected chi connectivity index (χ4v) is 14.6. The maximum Gasteiger partial charge on any atom is 0.239 e. The number of ether oxygens (including phenoxy) is 9. The molecule has 39 heteroatoms. The second-order valence-electron chi connectivity index (χ2n) is 25.6. The lowest BCUT2D eigenvalue weighted by molar-refractivity contribution is -0.272. The first-order valence-electron chi connectivity index (χ1n) is 33.2. The predicted molar refractivity (Wildman–Crippen MR) is 348 cm³/mol. The molecule has 16 unspecified atom stereocenters. The Morgan fingerprint density at radius 2 is 0.899 bits per heavy atom.